The van der Waals surface area contributed by atoms with Crippen LogP contribution in [0.3, 0.4) is 0 Å². The molecule has 0 unspecified atom stereocenters. The maximum Gasteiger partial charge on any atom is 0.0519 e. The molecule has 40 valence electrons. The van der Waals surface area contributed by atoms with E-state index in [9.17, 15) is 0 Å². The van der Waals surface area contributed by atoms with Gasteiger partial charge in [-0.3, -0.25) is 5.01 Å². The quantitative estimate of drug-likeness (QED) is 0.557. The van der Waals surface area contributed by atoms with Gasteiger partial charge in [0.15, 0.2) is 0 Å². The highest BCUT2D eigenvalue weighted by Gasteiger charge is 1.94. The first-order valence-corrected chi connectivity index (χ1v) is 4.10. The lowest BCUT2D eigenvalue weighted by atomic mass is 10.7. The van der Waals surface area contributed by atoms with Crippen LogP contribution in [0.25, 0.3) is 0 Å². The van der Waals surface area contributed by atoms with Crippen LogP contribution in [0.15, 0.2) is 13.0 Å². The molecule has 0 N–H and O–H groups in total. The van der Waals surface area contributed by atoms with Gasteiger partial charge in [0.25, 0.3) is 0 Å². The minimum atomic E-state index is 0.0513. The molecule has 1 aliphatic heterocycles. The second-order valence-electron chi connectivity index (χ2n) is 1.45. The Balaban J connectivity index is 2.69. The molecule has 1 aliphatic rings. The first kappa shape index (κ1) is 5.21. The van der Waals surface area contributed by atoms with Crippen LogP contribution in [-0.2, 0) is 0 Å². The summed E-state index contributed by atoms with van der Waals surface area (Å²) in [5.74, 6) is 0. The fourth-order valence-corrected chi connectivity index (χ4v) is 1.75. The minimum Gasteiger partial charge on any atom is -0.270 e. The fraction of sp³-hybridized carbons (Fsp3) is 0.500. The van der Waals surface area contributed by atoms with E-state index in [-0.39, 0.29) is 21.0 Å². The summed E-state index contributed by atoms with van der Waals surface area (Å²) in [5, 5.41) is 1.89. The largest absolute Gasteiger partial charge is 0.270 e. The highest BCUT2D eigenvalue weighted by molar-refractivity contribution is 14.2. The van der Waals surface area contributed by atoms with Crippen LogP contribution in [0, 0.1) is 0 Å². The van der Waals surface area contributed by atoms with Crippen LogP contribution in [0.2, 0.25) is 0 Å². The highest BCUT2D eigenvalue weighted by atomic mass is 127. The highest BCUT2D eigenvalue weighted by Crippen LogP contribution is 2.22. The van der Waals surface area contributed by atoms with Crippen LogP contribution in [-0.4, -0.2) is 12.1 Å². The van der Waals surface area contributed by atoms with Crippen LogP contribution in [0.1, 0.15) is 6.92 Å². The Labute approximate surface area is 53.3 Å². The molecule has 0 fully saturated rings. The number of nitrogens with zero attached hydrogens (tertiary/aromatic N) is 2. The smallest absolute Gasteiger partial charge is 0.0519 e. The summed E-state index contributed by atoms with van der Waals surface area (Å²) in [6.07, 6.45) is 2.08. The summed E-state index contributed by atoms with van der Waals surface area (Å²) >= 11 is 0.0513. The van der Waals surface area contributed by atoms with E-state index in [4.69, 9.17) is 0 Å². The number of halogens is 1. The molecule has 0 saturated carbocycles. The molecule has 0 aromatic rings. The van der Waals surface area contributed by atoms with E-state index in [0.29, 0.717) is 0 Å². The average Bonchev–Trinajstić information content (AvgIpc) is 1.87. The predicted molar refractivity (Wildman–Crippen MR) is 38.0 cm³/mol. The van der Waals surface area contributed by atoms with Crippen molar-refractivity contribution in [3.8, 4) is 0 Å². The zero-order chi connectivity index (χ0) is 5.28. The van der Waals surface area contributed by atoms with Crippen molar-refractivity contribution in [3.05, 3.63) is 9.78 Å². The van der Waals surface area contributed by atoms with Gasteiger partial charge >= 0.3 is 0 Å². The standard InChI is InChI=1S/C4H7IN2/c1-4-3-7(2)6-5-4/h3H,1-2H3. The van der Waals surface area contributed by atoms with Gasteiger partial charge in [0.05, 0.1) is 21.0 Å². The molecular formula is C4H7IN2. The average molecular weight is 210 g/mol. The maximum absolute atomic E-state index is 4.17. The third kappa shape index (κ3) is 1.22. The van der Waals surface area contributed by atoms with Gasteiger partial charge < -0.3 is 0 Å². The van der Waals surface area contributed by atoms with Crippen molar-refractivity contribution < 1.29 is 0 Å². The second kappa shape index (κ2) is 1.90. The van der Waals surface area contributed by atoms with E-state index in [1.165, 1.54) is 3.58 Å². The monoisotopic (exact) mass is 210 g/mol. The Morgan fingerprint density at radius 1 is 1.86 bits per heavy atom. The molecule has 2 nitrogen and oxygen atoms in total. The lowest BCUT2D eigenvalue weighted by Crippen LogP contribution is -1.93. The molecule has 0 atom stereocenters. The van der Waals surface area contributed by atoms with Crippen LogP contribution in [0.4, 0.5) is 0 Å². The molecule has 3 heteroatoms. The molecule has 0 saturated heterocycles. The van der Waals surface area contributed by atoms with Crippen molar-refractivity contribution in [2.45, 2.75) is 6.92 Å². The summed E-state index contributed by atoms with van der Waals surface area (Å²) in [4.78, 5) is 0. The molecule has 1 heterocycles. The van der Waals surface area contributed by atoms with Crippen molar-refractivity contribution in [3.63, 3.8) is 0 Å². The molecule has 7 heavy (non-hydrogen) atoms. The molecule has 0 bridgehead atoms. The van der Waals surface area contributed by atoms with Crippen LogP contribution >= 0.6 is 21.0 Å². The number of allylic oxidation sites excluding steroid dienone is 1. The molecule has 0 radical (unpaired) electrons. The zero-order valence-electron chi connectivity index (χ0n) is 4.35. The predicted octanol–water partition coefficient (Wildman–Crippen LogP) is 1.86. The topological polar surface area (TPSA) is 15.6 Å². The van der Waals surface area contributed by atoms with E-state index >= 15 is 0 Å². The molecule has 0 aromatic heterocycles. The van der Waals surface area contributed by atoms with E-state index in [2.05, 4.69) is 16.4 Å². The SMILES string of the molecule is CC1=CN(C)N=I1. The van der Waals surface area contributed by atoms with Crippen molar-refractivity contribution in [1.29, 1.82) is 0 Å². The third-order valence-electron chi connectivity index (χ3n) is 0.655. The van der Waals surface area contributed by atoms with Gasteiger partial charge in [-0.05, 0) is 6.92 Å². The van der Waals surface area contributed by atoms with Gasteiger partial charge in [-0.2, -0.15) is 0 Å². The normalized spacial score (nSPS) is 19.1. The lowest BCUT2D eigenvalue weighted by Gasteiger charge is -1.95. The first-order chi connectivity index (χ1) is 3.29. The molecule has 0 spiro atoms. The minimum absolute atomic E-state index is 0.0513. The number of hydrogen-bond donors (Lipinski definition) is 0. The summed E-state index contributed by atoms with van der Waals surface area (Å²) in [6.45, 7) is 2.13. The first-order valence-electron chi connectivity index (χ1n) is 2.05. The van der Waals surface area contributed by atoms with Crippen LogP contribution < -0.4 is 0 Å². The zero-order valence-corrected chi connectivity index (χ0v) is 6.51. The van der Waals surface area contributed by atoms with Gasteiger partial charge in [-0.1, -0.05) is 0 Å². The van der Waals surface area contributed by atoms with Crippen molar-refractivity contribution in [2.75, 3.05) is 7.05 Å². The van der Waals surface area contributed by atoms with E-state index < -0.39 is 0 Å². The van der Waals surface area contributed by atoms with Gasteiger partial charge in [0, 0.05) is 16.8 Å². The molecule has 0 aliphatic carbocycles. The Hall–Kier alpha value is 0.0700. The number of hydrogen-bond acceptors (Lipinski definition) is 2. The Bertz CT molecular complexity index is 128. The molecule has 0 aromatic carbocycles. The van der Waals surface area contributed by atoms with E-state index in [1.54, 1.807) is 0 Å². The fourth-order valence-electron chi connectivity index (χ4n) is 0.420. The summed E-state index contributed by atoms with van der Waals surface area (Å²) in [6, 6.07) is 0. The third-order valence-corrected chi connectivity index (χ3v) is 2.59. The van der Waals surface area contributed by atoms with E-state index in [1.807, 2.05) is 12.1 Å². The maximum atomic E-state index is 4.17. The molecular weight excluding hydrogens is 203 g/mol. The van der Waals surface area contributed by atoms with Gasteiger partial charge in [0.1, 0.15) is 0 Å². The van der Waals surface area contributed by atoms with Crippen molar-refractivity contribution in [1.82, 2.24) is 5.01 Å². The Morgan fingerprint density at radius 3 is 2.71 bits per heavy atom. The van der Waals surface area contributed by atoms with Gasteiger partial charge in [-0.25, -0.2) is 0 Å². The second-order valence-corrected chi connectivity index (χ2v) is 4.07. The van der Waals surface area contributed by atoms with Crippen molar-refractivity contribution in [2.24, 2.45) is 3.25 Å². The number of rotatable bonds is 0. The van der Waals surface area contributed by atoms with Crippen molar-refractivity contribution >= 4 is 21.0 Å². The molecule has 0 amide bonds. The van der Waals surface area contributed by atoms with E-state index in [0.717, 1.165) is 0 Å². The summed E-state index contributed by atoms with van der Waals surface area (Å²) < 4.78 is 5.61. The molecule has 1 rings (SSSR count). The van der Waals surface area contributed by atoms with Gasteiger partial charge in [-0.15, -0.1) is 3.25 Å². The summed E-state index contributed by atoms with van der Waals surface area (Å²) in [7, 11) is 1.97. The Morgan fingerprint density at radius 2 is 2.57 bits per heavy atom. The summed E-state index contributed by atoms with van der Waals surface area (Å²) in [5.41, 5.74) is 0. The Kier molecular flexibility index (Phi) is 1.41. The van der Waals surface area contributed by atoms with Crippen LogP contribution in [0.5, 0.6) is 0 Å². The lowest BCUT2D eigenvalue weighted by molar-refractivity contribution is 0.510. The van der Waals surface area contributed by atoms with Gasteiger partial charge in [0.2, 0.25) is 0 Å².